The van der Waals surface area contributed by atoms with Crippen LogP contribution in [0.2, 0.25) is 0 Å². The van der Waals surface area contributed by atoms with Gasteiger partial charge in [-0.1, -0.05) is 37.3 Å². The molecule has 0 radical (unpaired) electrons. The normalized spacial score (nSPS) is 15.6. The fourth-order valence-electron chi connectivity index (χ4n) is 4.03. The van der Waals surface area contributed by atoms with Crippen LogP contribution >= 0.6 is 0 Å². The Labute approximate surface area is 172 Å². The lowest BCUT2D eigenvalue weighted by Crippen LogP contribution is -2.45. The molecule has 3 aromatic rings. The fourth-order valence-corrected chi connectivity index (χ4v) is 4.03. The first-order valence-corrected chi connectivity index (χ1v) is 10.6. The number of anilines is 1. The minimum Gasteiger partial charge on any atom is -0.361 e. The monoisotopic (exact) mass is 390 g/mol. The van der Waals surface area contributed by atoms with Gasteiger partial charge < -0.3 is 15.2 Å². The van der Waals surface area contributed by atoms with Gasteiger partial charge in [0.25, 0.3) is 0 Å². The van der Waals surface area contributed by atoms with Gasteiger partial charge in [0.1, 0.15) is 0 Å². The predicted molar refractivity (Wildman–Crippen MR) is 119 cm³/mol. The highest BCUT2D eigenvalue weighted by Crippen LogP contribution is 2.19. The Kier molecular flexibility index (Phi) is 6.27. The van der Waals surface area contributed by atoms with Gasteiger partial charge in [-0.05, 0) is 42.3 Å². The molecule has 2 heterocycles. The summed E-state index contributed by atoms with van der Waals surface area (Å²) in [7, 11) is 0. The smallest absolute Gasteiger partial charge is 0.224 e. The van der Waals surface area contributed by atoms with E-state index in [2.05, 4.69) is 51.3 Å². The van der Waals surface area contributed by atoms with Crippen LogP contribution in [0.1, 0.15) is 24.5 Å². The van der Waals surface area contributed by atoms with Gasteiger partial charge in [-0.2, -0.15) is 0 Å². The molecule has 0 bridgehead atoms. The molecule has 152 valence electrons. The molecule has 5 heteroatoms. The van der Waals surface area contributed by atoms with Gasteiger partial charge in [0, 0.05) is 61.9 Å². The fraction of sp³-hybridized carbons (Fsp3) is 0.375. The summed E-state index contributed by atoms with van der Waals surface area (Å²) in [5.41, 5.74) is 4.48. The van der Waals surface area contributed by atoms with E-state index in [4.69, 9.17) is 0 Å². The number of aromatic nitrogens is 1. The third kappa shape index (κ3) is 5.05. The average molecular weight is 391 g/mol. The first-order chi connectivity index (χ1) is 14.2. The molecule has 2 N–H and O–H groups in total. The Balaban J connectivity index is 1.25. The van der Waals surface area contributed by atoms with E-state index in [1.807, 2.05) is 30.5 Å². The van der Waals surface area contributed by atoms with Crippen molar-refractivity contribution in [1.82, 2.24) is 14.8 Å². The van der Waals surface area contributed by atoms with Crippen molar-refractivity contribution in [2.75, 3.05) is 38.0 Å². The average Bonchev–Trinajstić information content (AvgIpc) is 3.17. The number of amides is 1. The summed E-state index contributed by atoms with van der Waals surface area (Å²) in [5.74, 6) is 0.0544. The summed E-state index contributed by atoms with van der Waals surface area (Å²) < 4.78 is 0. The SMILES string of the molecule is CCN1CCN(Cc2ccc(NC(=O)CCc3c[nH]c4ccccc34)cc2)CC1. The van der Waals surface area contributed by atoms with Crippen LogP contribution in [0.4, 0.5) is 5.69 Å². The number of rotatable bonds is 7. The summed E-state index contributed by atoms with van der Waals surface area (Å²) in [6, 6.07) is 16.5. The molecule has 0 saturated carbocycles. The first-order valence-electron chi connectivity index (χ1n) is 10.6. The van der Waals surface area contributed by atoms with Crippen molar-refractivity contribution >= 4 is 22.5 Å². The van der Waals surface area contributed by atoms with Crippen LogP contribution in [0, 0.1) is 0 Å². The number of hydrogen-bond donors (Lipinski definition) is 2. The van der Waals surface area contributed by atoms with Gasteiger partial charge in [-0.15, -0.1) is 0 Å². The quantitative estimate of drug-likeness (QED) is 0.644. The highest BCUT2D eigenvalue weighted by molar-refractivity contribution is 5.91. The number of nitrogens with zero attached hydrogens (tertiary/aromatic N) is 2. The van der Waals surface area contributed by atoms with Gasteiger partial charge in [0.05, 0.1) is 0 Å². The van der Waals surface area contributed by atoms with E-state index in [-0.39, 0.29) is 5.91 Å². The lowest BCUT2D eigenvalue weighted by molar-refractivity contribution is -0.116. The predicted octanol–water partition coefficient (Wildman–Crippen LogP) is 3.88. The lowest BCUT2D eigenvalue weighted by atomic mass is 10.1. The Bertz CT molecular complexity index is 939. The Hall–Kier alpha value is -2.63. The van der Waals surface area contributed by atoms with Crippen molar-refractivity contribution in [2.45, 2.75) is 26.3 Å². The number of likely N-dealkylation sites (N-methyl/N-ethyl adjacent to an activating group) is 1. The number of hydrogen-bond acceptors (Lipinski definition) is 3. The molecule has 0 atom stereocenters. The standard InChI is InChI=1S/C24H30N4O/c1-2-27-13-15-28(16-14-27)18-19-7-10-21(11-8-19)26-24(29)12-9-20-17-25-23-6-4-3-5-22(20)23/h3-8,10-11,17,25H,2,9,12-16,18H2,1H3,(H,26,29). The molecule has 0 aliphatic carbocycles. The number of nitrogens with one attached hydrogen (secondary N) is 2. The van der Waals surface area contributed by atoms with Crippen molar-refractivity contribution in [3.63, 3.8) is 0 Å². The van der Waals surface area contributed by atoms with E-state index in [9.17, 15) is 4.79 Å². The van der Waals surface area contributed by atoms with Crippen LogP contribution in [0.5, 0.6) is 0 Å². The van der Waals surface area contributed by atoms with E-state index in [1.165, 1.54) is 16.5 Å². The largest absolute Gasteiger partial charge is 0.361 e. The molecule has 1 aliphatic heterocycles. The molecule has 29 heavy (non-hydrogen) atoms. The van der Waals surface area contributed by atoms with Crippen LogP contribution in [0.15, 0.2) is 54.7 Å². The number of para-hydroxylation sites is 1. The van der Waals surface area contributed by atoms with Crippen molar-refractivity contribution in [3.8, 4) is 0 Å². The molecular weight excluding hydrogens is 360 g/mol. The number of benzene rings is 2. The summed E-state index contributed by atoms with van der Waals surface area (Å²) >= 11 is 0. The number of carbonyl (C=O) groups excluding carboxylic acids is 1. The number of carbonyl (C=O) groups is 1. The maximum absolute atomic E-state index is 12.4. The molecular formula is C24H30N4O. The van der Waals surface area contributed by atoms with E-state index in [1.54, 1.807) is 0 Å². The lowest BCUT2D eigenvalue weighted by Gasteiger charge is -2.34. The first kappa shape index (κ1) is 19.7. The van der Waals surface area contributed by atoms with Crippen LogP contribution in [0.25, 0.3) is 10.9 Å². The van der Waals surface area contributed by atoms with Crippen LogP contribution in [-0.2, 0) is 17.8 Å². The van der Waals surface area contributed by atoms with Crippen molar-refractivity contribution in [2.24, 2.45) is 0 Å². The summed E-state index contributed by atoms with van der Waals surface area (Å²) in [6.07, 6.45) is 3.22. The molecule has 0 spiro atoms. The third-order valence-electron chi connectivity index (χ3n) is 5.85. The van der Waals surface area contributed by atoms with Crippen LogP contribution in [0.3, 0.4) is 0 Å². The number of fused-ring (bicyclic) bond motifs is 1. The minimum absolute atomic E-state index is 0.0544. The van der Waals surface area contributed by atoms with E-state index in [0.717, 1.165) is 56.9 Å². The van der Waals surface area contributed by atoms with Gasteiger partial charge in [0.2, 0.25) is 5.91 Å². The Morgan fingerprint density at radius 2 is 1.72 bits per heavy atom. The zero-order valence-electron chi connectivity index (χ0n) is 17.2. The molecule has 2 aromatic carbocycles. The summed E-state index contributed by atoms with van der Waals surface area (Å²) in [6.45, 7) is 8.90. The molecule has 1 fully saturated rings. The van der Waals surface area contributed by atoms with Gasteiger partial charge in [0.15, 0.2) is 0 Å². The third-order valence-corrected chi connectivity index (χ3v) is 5.85. The molecule has 1 aliphatic rings. The molecule has 5 nitrogen and oxygen atoms in total. The second-order valence-electron chi connectivity index (χ2n) is 7.82. The maximum Gasteiger partial charge on any atom is 0.224 e. The zero-order valence-corrected chi connectivity index (χ0v) is 17.2. The van der Waals surface area contributed by atoms with Crippen LogP contribution < -0.4 is 5.32 Å². The van der Waals surface area contributed by atoms with Crippen LogP contribution in [-0.4, -0.2) is 53.4 Å². The topological polar surface area (TPSA) is 51.4 Å². The number of piperazine rings is 1. The Morgan fingerprint density at radius 3 is 2.48 bits per heavy atom. The van der Waals surface area contributed by atoms with E-state index >= 15 is 0 Å². The summed E-state index contributed by atoms with van der Waals surface area (Å²) in [4.78, 5) is 20.6. The summed E-state index contributed by atoms with van der Waals surface area (Å²) in [5, 5.41) is 4.23. The second-order valence-corrected chi connectivity index (χ2v) is 7.82. The molecule has 1 amide bonds. The second kappa shape index (κ2) is 9.25. The molecule has 1 saturated heterocycles. The van der Waals surface area contributed by atoms with Gasteiger partial charge in [-0.3, -0.25) is 9.69 Å². The zero-order chi connectivity index (χ0) is 20.1. The minimum atomic E-state index is 0.0544. The molecule has 0 unspecified atom stereocenters. The van der Waals surface area contributed by atoms with Gasteiger partial charge >= 0.3 is 0 Å². The number of H-pyrrole nitrogens is 1. The number of aromatic amines is 1. The van der Waals surface area contributed by atoms with Gasteiger partial charge in [-0.25, -0.2) is 0 Å². The molecule has 1 aromatic heterocycles. The van der Waals surface area contributed by atoms with Crippen molar-refractivity contribution in [1.29, 1.82) is 0 Å². The highest BCUT2D eigenvalue weighted by Gasteiger charge is 2.15. The Morgan fingerprint density at radius 1 is 1.00 bits per heavy atom. The maximum atomic E-state index is 12.4. The van der Waals surface area contributed by atoms with Crippen molar-refractivity contribution < 1.29 is 4.79 Å². The van der Waals surface area contributed by atoms with Crippen molar-refractivity contribution in [3.05, 3.63) is 65.9 Å². The molecule has 4 rings (SSSR count). The van der Waals surface area contributed by atoms with E-state index < -0.39 is 0 Å². The highest BCUT2D eigenvalue weighted by atomic mass is 16.1. The van der Waals surface area contributed by atoms with E-state index in [0.29, 0.717) is 6.42 Å². The number of aryl methyl sites for hydroxylation is 1.